The maximum atomic E-state index is 5.51. The Balaban J connectivity index is 0.00000264. The molecule has 2 aromatic heterocycles. The second kappa shape index (κ2) is 10.3. The van der Waals surface area contributed by atoms with Crippen molar-refractivity contribution in [3.8, 4) is 0 Å². The zero-order chi connectivity index (χ0) is 15.8. The van der Waals surface area contributed by atoms with Crippen LogP contribution in [0, 0.1) is 0 Å². The van der Waals surface area contributed by atoms with E-state index in [1.807, 2.05) is 45.3 Å². The van der Waals surface area contributed by atoms with Crippen molar-refractivity contribution < 1.29 is 8.83 Å². The van der Waals surface area contributed by atoms with Crippen molar-refractivity contribution in [1.29, 1.82) is 0 Å². The van der Waals surface area contributed by atoms with Gasteiger partial charge in [-0.1, -0.05) is 0 Å². The molecular formula is C16H25IN4O2. The third kappa shape index (κ3) is 6.26. The molecule has 0 bridgehead atoms. The van der Waals surface area contributed by atoms with Gasteiger partial charge in [-0.2, -0.15) is 0 Å². The first-order valence-corrected chi connectivity index (χ1v) is 7.45. The molecule has 128 valence electrons. The number of likely N-dealkylation sites (N-methyl/N-ethyl adjacent to an activating group) is 1. The molecule has 2 rings (SSSR count). The number of nitrogens with zero attached hydrogens (tertiary/aromatic N) is 2. The van der Waals surface area contributed by atoms with E-state index in [1.54, 1.807) is 12.5 Å². The van der Waals surface area contributed by atoms with Crippen LogP contribution in [0.15, 0.2) is 50.6 Å². The Morgan fingerprint density at radius 3 is 2.48 bits per heavy atom. The van der Waals surface area contributed by atoms with E-state index >= 15 is 0 Å². The van der Waals surface area contributed by atoms with Gasteiger partial charge in [0, 0.05) is 13.1 Å². The highest BCUT2D eigenvalue weighted by Gasteiger charge is 2.17. The largest absolute Gasteiger partial charge is 0.468 e. The van der Waals surface area contributed by atoms with Gasteiger partial charge in [-0.3, -0.25) is 4.90 Å². The quantitative estimate of drug-likeness (QED) is 0.400. The Hall–Kier alpha value is -1.48. The maximum absolute atomic E-state index is 5.51. The van der Waals surface area contributed by atoms with E-state index in [0.29, 0.717) is 13.1 Å². The molecular weight excluding hydrogens is 407 g/mol. The van der Waals surface area contributed by atoms with Crippen LogP contribution in [0.25, 0.3) is 0 Å². The summed E-state index contributed by atoms with van der Waals surface area (Å²) in [5.41, 5.74) is 0. The number of halogens is 1. The second-order valence-corrected chi connectivity index (χ2v) is 5.15. The molecule has 0 aliphatic heterocycles. The maximum Gasteiger partial charge on any atom is 0.191 e. The molecule has 0 spiro atoms. The van der Waals surface area contributed by atoms with Crippen molar-refractivity contribution in [3.05, 3.63) is 48.3 Å². The third-order valence-electron chi connectivity index (χ3n) is 3.28. The molecule has 0 fully saturated rings. The van der Waals surface area contributed by atoms with Gasteiger partial charge in [0.05, 0.1) is 18.6 Å². The highest BCUT2D eigenvalue weighted by molar-refractivity contribution is 14.0. The molecule has 7 heteroatoms. The number of hydrogen-bond acceptors (Lipinski definition) is 4. The van der Waals surface area contributed by atoms with Crippen molar-refractivity contribution in [3.63, 3.8) is 0 Å². The van der Waals surface area contributed by atoms with Gasteiger partial charge in [0.1, 0.15) is 18.1 Å². The summed E-state index contributed by atoms with van der Waals surface area (Å²) in [7, 11) is 4.06. The Labute approximate surface area is 154 Å². The zero-order valence-corrected chi connectivity index (χ0v) is 16.1. The van der Waals surface area contributed by atoms with Gasteiger partial charge in [-0.15, -0.1) is 24.0 Å². The highest BCUT2D eigenvalue weighted by Crippen LogP contribution is 2.17. The van der Waals surface area contributed by atoms with Crippen LogP contribution < -0.4 is 10.6 Å². The number of rotatable bonds is 7. The van der Waals surface area contributed by atoms with Crippen LogP contribution in [0.4, 0.5) is 0 Å². The minimum absolute atomic E-state index is 0. The second-order valence-electron chi connectivity index (χ2n) is 5.15. The fourth-order valence-electron chi connectivity index (χ4n) is 2.11. The highest BCUT2D eigenvalue weighted by atomic mass is 127. The van der Waals surface area contributed by atoms with Crippen LogP contribution in [0.2, 0.25) is 0 Å². The molecule has 0 aromatic carbocycles. The fourth-order valence-corrected chi connectivity index (χ4v) is 2.11. The number of hydrogen-bond donors (Lipinski definition) is 2. The van der Waals surface area contributed by atoms with Gasteiger partial charge in [-0.25, -0.2) is 4.99 Å². The van der Waals surface area contributed by atoms with E-state index < -0.39 is 0 Å². The lowest BCUT2D eigenvalue weighted by Gasteiger charge is -2.23. The van der Waals surface area contributed by atoms with Crippen molar-refractivity contribution in [1.82, 2.24) is 15.5 Å². The summed E-state index contributed by atoms with van der Waals surface area (Å²) >= 11 is 0. The molecule has 0 saturated heterocycles. The fraction of sp³-hybridized carbons (Fsp3) is 0.438. The Bertz CT molecular complexity index is 553. The lowest BCUT2D eigenvalue weighted by atomic mass is 10.2. The van der Waals surface area contributed by atoms with E-state index in [9.17, 15) is 0 Å². The molecule has 0 radical (unpaired) electrons. The molecule has 1 atom stereocenters. The van der Waals surface area contributed by atoms with Gasteiger partial charge >= 0.3 is 0 Å². The van der Waals surface area contributed by atoms with Crippen LogP contribution in [-0.2, 0) is 6.54 Å². The predicted octanol–water partition coefficient (Wildman–Crippen LogP) is 2.85. The summed E-state index contributed by atoms with van der Waals surface area (Å²) in [6.45, 7) is 4.05. The number of aliphatic imine (C=N–C) groups is 1. The summed E-state index contributed by atoms with van der Waals surface area (Å²) in [5, 5.41) is 6.58. The normalized spacial score (nSPS) is 12.8. The molecule has 2 aromatic rings. The summed E-state index contributed by atoms with van der Waals surface area (Å²) < 4.78 is 10.8. The Kier molecular flexibility index (Phi) is 8.78. The topological polar surface area (TPSA) is 65.9 Å². The minimum atomic E-state index is 0. The average molecular weight is 432 g/mol. The molecule has 2 N–H and O–H groups in total. The van der Waals surface area contributed by atoms with E-state index in [1.165, 1.54) is 0 Å². The molecule has 6 nitrogen and oxygen atoms in total. The molecule has 0 aliphatic carbocycles. The van der Waals surface area contributed by atoms with Crippen LogP contribution >= 0.6 is 24.0 Å². The van der Waals surface area contributed by atoms with Gasteiger partial charge in [0.15, 0.2) is 5.96 Å². The molecule has 0 amide bonds. The Morgan fingerprint density at radius 2 is 1.91 bits per heavy atom. The summed E-state index contributed by atoms with van der Waals surface area (Å²) in [6.07, 6.45) is 3.35. The predicted molar refractivity (Wildman–Crippen MR) is 102 cm³/mol. The third-order valence-corrected chi connectivity index (χ3v) is 3.28. The van der Waals surface area contributed by atoms with Crippen molar-refractivity contribution >= 4 is 29.9 Å². The van der Waals surface area contributed by atoms with Crippen molar-refractivity contribution in [2.75, 3.05) is 27.2 Å². The number of guanidine groups is 1. The summed E-state index contributed by atoms with van der Waals surface area (Å²) in [6, 6.07) is 7.81. The molecule has 23 heavy (non-hydrogen) atoms. The van der Waals surface area contributed by atoms with Crippen LogP contribution in [0.5, 0.6) is 0 Å². The smallest absolute Gasteiger partial charge is 0.191 e. The summed E-state index contributed by atoms with van der Waals surface area (Å²) in [5.74, 6) is 2.53. The molecule has 0 aliphatic rings. The number of nitrogens with one attached hydrogen (secondary N) is 2. The zero-order valence-electron chi connectivity index (χ0n) is 13.8. The van der Waals surface area contributed by atoms with Crippen LogP contribution in [-0.4, -0.2) is 38.0 Å². The van der Waals surface area contributed by atoms with Gasteiger partial charge < -0.3 is 19.5 Å². The van der Waals surface area contributed by atoms with Crippen LogP contribution in [0.1, 0.15) is 24.5 Å². The van der Waals surface area contributed by atoms with E-state index in [2.05, 4.69) is 20.5 Å². The first-order valence-electron chi connectivity index (χ1n) is 7.45. The van der Waals surface area contributed by atoms with Crippen molar-refractivity contribution in [2.24, 2.45) is 4.99 Å². The molecule has 1 unspecified atom stereocenters. The molecule has 0 saturated carbocycles. The van der Waals surface area contributed by atoms with Gasteiger partial charge in [0.2, 0.25) is 0 Å². The average Bonchev–Trinajstić information content (AvgIpc) is 3.18. The minimum Gasteiger partial charge on any atom is -0.468 e. The SMILES string of the molecule is CCNC(=NCc1ccco1)NCC(c1ccco1)N(C)C.I. The Morgan fingerprint density at radius 1 is 1.17 bits per heavy atom. The standard InChI is InChI=1S/C16H24N4O2.HI/c1-4-17-16(18-11-13-7-5-9-21-13)19-12-14(20(2)3)15-8-6-10-22-15;/h5-10,14H,4,11-12H2,1-3H3,(H2,17,18,19);1H. The van der Waals surface area contributed by atoms with Crippen LogP contribution in [0.3, 0.4) is 0 Å². The summed E-state index contributed by atoms with van der Waals surface area (Å²) in [4.78, 5) is 6.63. The first-order chi connectivity index (χ1) is 10.7. The van der Waals surface area contributed by atoms with Crippen molar-refractivity contribution in [2.45, 2.75) is 19.5 Å². The first kappa shape index (κ1) is 19.6. The van der Waals surface area contributed by atoms with E-state index in [0.717, 1.165) is 24.0 Å². The molecule has 2 heterocycles. The number of furan rings is 2. The van der Waals surface area contributed by atoms with E-state index in [-0.39, 0.29) is 30.0 Å². The lowest BCUT2D eigenvalue weighted by Crippen LogP contribution is -2.41. The van der Waals surface area contributed by atoms with E-state index in [4.69, 9.17) is 8.83 Å². The monoisotopic (exact) mass is 432 g/mol. The lowest BCUT2D eigenvalue weighted by molar-refractivity contribution is 0.258. The van der Waals surface area contributed by atoms with Gasteiger partial charge in [0.25, 0.3) is 0 Å². The van der Waals surface area contributed by atoms with Gasteiger partial charge in [-0.05, 0) is 45.3 Å².